The van der Waals surface area contributed by atoms with E-state index in [1.807, 2.05) is 34.6 Å². The van der Waals surface area contributed by atoms with Gasteiger partial charge in [0.05, 0.1) is 29.8 Å². The molecule has 7 unspecified atom stereocenters. The van der Waals surface area contributed by atoms with Crippen LogP contribution >= 0.6 is 0 Å². The van der Waals surface area contributed by atoms with E-state index in [-0.39, 0.29) is 48.9 Å². The number of carbonyl (C=O) groups is 1. The second-order valence-electron chi connectivity index (χ2n) is 12.2. The minimum atomic E-state index is -0.464. The molecule has 0 saturated heterocycles. The summed E-state index contributed by atoms with van der Waals surface area (Å²) in [4.78, 5) is 12.9. The molecule has 4 saturated carbocycles. The highest BCUT2D eigenvalue weighted by atomic mass is 16.7. The van der Waals surface area contributed by atoms with Crippen molar-refractivity contribution in [2.24, 2.45) is 17.3 Å². The Morgan fingerprint density at radius 1 is 0.771 bits per heavy atom. The van der Waals surface area contributed by atoms with Crippen LogP contribution in [0.1, 0.15) is 118 Å². The molecule has 0 radical (unpaired) electrons. The first-order valence-corrected chi connectivity index (χ1v) is 14.6. The van der Waals surface area contributed by atoms with E-state index >= 15 is 0 Å². The van der Waals surface area contributed by atoms with Gasteiger partial charge in [-0.15, -0.1) is 0 Å². The van der Waals surface area contributed by atoms with Crippen LogP contribution in [0.25, 0.3) is 0 Å². The Labute approximate surface area is 213 Å². The second kappa shape index (κ2) is 12.2. The van der Waals surface area contributed by atoms with Gasteiger partial charge in [0.1, 0.15) is 6.10 Å². The summed E-state index contributed by atoms with van der Waals surface area (Å²) in [5, 5.41) is 0. The molecule has 0 spiro atoms. The fourth-order valence-electron chi connectivity index (χ4n) is 6.59. The fraction of sp³-hybridized carbons (Fsp3) is 0.966. The summed E-state index contributed by atoms with van der Waals surface area (Å²) in [5.41, 5.74) is -0.464. The van der Waals surface area contributed by atoms with Crippen LogP contribution in [0.5, 0.6) is 0 Å². The van der Waals surface area contributed by atoms with E-state index in [2.05, 4.69) is 0 Å². The molecule has 6 nitrogen and oxygen atoms in total. The average molecular weight is 495 g/mol. The van der Waals surface area contributed by atoms with Crippen LogP contribution in [0.4, 0.5) is 0 Å². The van der Waals surface area contributed by atoms with Crippen molar-refractivity contribution in [3.63, 3.8) is 0 Å². The van der Waals surface area contributed by atoms with Crippen LogP contribution in [-0.2, 0) is 28.5 Å². The molecule has 0 aromatic rings. The summed E-state index contributed by atoms with van der Waals surface area (Å²) in [6.45, 7) is 10.0. The third-order valence-electron chi connectivity index (χ3n) is 9.06. The van der Waals surface area contributed by atoms with E-state index in [1.165, 1.54) is 38.5 Å². The highest BCUT2D eigenvalue weighted by Crippen LogP contribution is 2.50. The largest absolute Gasteiger partial charge is 0.462 e. The first-order valence-electron chi connectivity index (χ1n) is 14.6. The molecule has 4 fully saturated rings. The van der Waals surface area contributed by atoms with Gasteiger partial charge in [-0.3, -0.25) is 4.79 Å². The molecule has 0 aromatic carbocycles. The molecule has 0 heterocycles. The lowest BCUT2D eigenvalue weighted by atomic mass is 9.89. The van der Waals surface area contributed by atoms with Crippen LogP contribution in [0.3, 0.4) is 0 Å². The predicted octanol–water partition coefficient (Wildman–Crippen LogP) is 6.54. The number of hydrogen-bond acceptors (Lipinski definition) is 6. The van der Waals surface area contributed by atoms with E-state index in [1.54, 1.807) is 0 Å². The lowest BCUT2D eigenvalue weighted by molar-refractivity contribution is -0.262. The summed E-state index contributed by atoms with van der Waals surface area (Å²) in [6, 6.07) is 0. The SMILES string of the molecule is CCC(C)(C)C(=O)OC1CC2CC1C(OC(C)OC1CCCCC1)C2OC(C)OC1CCCCC1. The first-order chi connectivity index (χ1) is 16.8. The fourth-order valence-corrected chi connectivity index (χ4v) is 6.59. The minimum absolute atomic E-state index is 0.0508. The lowest BCUT2D eigenvalue weighted by Gasteiger charge is -2.39. The van der Waals surface area contributed by atoms with E-state index < -0.39 is 5.41 Å². The number of rotatable bonds is 11. The first kappa shape index (κ1) is 27.3. The average Bonchev–Trinajstić information content (AvgIpc) is 3.39. The summed E-state index contributed by atoms with van der Waals surface area (Å²) < 4.78 is 31.8. The molecule has 7 atom stereocenters. The lowest BCUT2D eigenvalue weighted by Crippen LogP contribution is -2.48. The number of carbonyl (C=O) groups excluding carboxylic acids is 1. The quantitative estimate of drug-likeness (QED) is 0.240. The third kappa shape index (κ3) is 7.00. The molecule has 202 valence electrons. The highest BCUT2D eigenvalue weighted by molar-refractivity contribution is 5.76. The van der Waals surface area contributed by atoms with Crippen molar-refractivity contribution in [1.29, 1.82) is 0 Å². The Balaban J connectivity index is 1.39. The van der Waals surface area contributed by atoms with Crippen molar-refractivity contribution >= 4 is 5.97 Å². The van der Waals surface area contributed by atoms with Crippen LogP contribution in [0.15, 0.2) is 0 Å². The van der Waals surface area contributed by atoms with Gasteiger partial charge in [0.2, 0.25) is 0 Å². The van der Waals surface area contributed by atoms with Gasteiger partial charge < -0.3 is 23.7 Å². The van der Waals surface area contributed by atoms with Gasteiger partial charge in [0, 0.05) is 5.92 Å². The van der Waals surface area contributed by atoms with E-state index in [4.69, 9.17) is 23.7 Å². The van der Waals surface area contributed by atoms with Gasteiger partial charge in [-0.2, -0.15) is 0 Å². The smallest absolute Gasteiger partial charge is 0.311 e. The van der Waals surface area contributed by atoms with Crippen molar-refractivity contribution in [2.75, 3.05) is 0 Å². The van der Waals surface area contributed by atoms with Gasteiger partial charge >= 0.3 is 5.97 Å². The zero-order valence-electron chi connectivity index (χ0n) is 22.8. The highest BCUT2D eigenvalue weighted by Gasteiger charge is 2.57. The molecule has 0 aliphatic heterocycles. The van der Waals surface area contributed by atoms with Crippen LogP contribution in [0, 0.1) is 17.3 Å². The Morgan fingerprint density at radius 3 is 1.80 bits per heavy atom. The number of esters is 1. The summed E-state index contributed by atoms with van der Waals surface area (Å²) in [6.07, 6.45) is 14.3. The standard InChI is InChI=1S/C29H50O6/c1-6-29(4,5)28(30)35-25-18-21-17-24(25)27(34-20(3)32-23-15-11-8-12-16-23)26(21)33-19(2)31-22-13-9-7-10-14-22/h19-27H,6-18H2,1-5H3. The Morgan fingerprint density at radius 2 is 1.29 bits per heavy atom. The normalized spacial score (nSPS) is 34.1. The maximum absolute atomic E-state index is 12.9. The summed E-state index contributed by atoms with van der Waals surface area (Å²) >= 11 is 0. The van der Waals surface area contributed by atoms with Crippen molar-refractivity contribution in [3.8, 4) is 0 Å². The molecule has 0 aromatic heterocycles. The monoisotopic (exact) mass is 494 g/mol. The maximum atomic E-state index is 12.9. The van der Waals surface area contributed by atoms with Crippen molar-refractivity contribution < 1.29 is 28.5 Å². The number of ether oxygens (including phenoxy) is 5. The van der Waals surface area contributed by atoms with Crippen LogP contribution in [0.2, 0.25) is 0 Å². The molecule has 4 aliphatic rings. The van der Waals surface area contributed by atoms with E-state index in [0.29, 0.717) is 12.0 Å². The van der Waals surface area contributed by atoms with Gasteiger partial charge in [-0.25, -0.2) is 0 Å². The van der Waals surface area contributed by atoms with Gasteiger partial charge in [0.15, 0.2) is 12.6 Å². The van der Waals surface area contributed by atoms with Gasteiger partial charge in [0.25, 0.3) is 0 Å². The predicted molar refractivity (Wildman–Crippen MR) is 135 cm³/mol. The molecule has 6 heteroatoms. The molecular formula is C29H50O6. The molecule has 4 rings (SSSR count). The third-order valence-corrected chi connectivity index (χ3v) is 9.06. The Bertz CT molecular complexity index is 668. The van der Waals surface area contributed by atoms with Gasteiger partial charge in [-0.05, 0) is 78.6 Å². The zero-order valence-corrected chi connectivity index (χ0v) is 22.8. The molecular weight excluding hydrogens is 444 g/mol. The summed E-state index contributed by atoms with van der Waals surface area (Å²) in [5.74, 6) is 0.349. The topological polar surface area (TPSA) is 63.2 Å². The van der Waals surface area contributed by atoms with Crippen LogP contribution in [-0.4, -0.2) is 49.1 Å². The second-order valence-corrected chi connectivity index (χ2v) is 12.2. The number of hydrogen-bond donors (Lipinski definition) is 0. The molecule has 0 amide bonds. The molecule has 0 N–H and O–H groups in total. The van der Waals surface area contributed by atoms with Crippen LogP contribution < -0.4 is 0 Å². The molecule has 35 heavy (non-hydrogen) atoms. The van der Waals surface area contributed by atoms with Crippen molar-refractivity contribution in [2.45, 2.75) is 161 Å². The molecule has 4 aliphatic carbocycles. The zero-order chi connectivity index (χ0) is 25.0. The maximum Gasteiger partial charge on any atom is 0.311 e. The minimum Gasteiger partial charge on any atom is -0.462 e. The van der Waals surface area contributed by atoms with Crippen molar-refractivity contribution in [3.05, 3.63) is 0 Å². The number of fused-ring (bicyclic) bond motifs is 2. The van der Waals surface area contributed by atoms with E-state index in [0.717, 1.165) is 44.9 Å². The molecule has 2 bridgehead atoms. The van der Waals surface area contributed by atoms with Gasteiger partial charge in [-0.1, -0.05) is 45.4 Å². The summed E-state index contributed by atoms with van der Waals surface area (Å²) in [7, 11) is 0. The van der Waals surface area contributed by atoms with Crippen molar-refractivity contribution in [1.82, 2.24) is 0 Å². The Hall–Kier alpha value is -0.690. The van der Waals surface area contributed by atoms with E-state index in [9.17, 15) is 4.79 Å². The Kier molecular flexibility index (Phi) is 9.56.